The first-order valence-corrected chi connectivity index (χ1v) is 11.0. The van der Waals surface area contributed by atoms with Crippen molar-refractivity contribution in [2.45, 2.75) is 63.1 Å². The fourth-order valence-corrected chi connectivity index (χ4v) is 5.52. The van der Waals surface area contributed by atoms with E-state index in [1.165, 1.54) is 4.57 Å². The SMILES string of the molecule is Cc1nc2ccc(-c3ccn4nc(NC56CCC(O)(CC5)C6)nc(N)c34)nc2n1CC(F)F. The maximum Gasteiger partial charge on any atom is 0.256 e. The quantitative estimate of drug-likeness (QED) is 0.424. The lowest BCUT2D eigenvalue weighted by molar-refractivity contribution is 0.0521. The first-order valence-electron chi connectivity index (χ1n) is 11.0. The Bertz CT molecular complexity index is 1390. The Morgan fingerprint density at radius 3 is 2.64 bits per heavy atom. The summed E-state index contributed by atoms with van der Waals surface area (Å²) in [6, 6.07) is 5.39. The predicted octanol–water partition coefficient (Wildman–Crippen LogP) is 3.16. The molecule has 2 fully saturated rings. The molecule has 4 heterocycles. The second-order valence-corrected chi connectivity index (χ2v) is 9.35. The van der Waals surface area contributed by atoms with Crippen LogP contribution in [0.4, 0.5) is 20.5 Å². The second kappa shape index (κ2) is 6.83. The van der Waals surface area contributed by atoms with Crippen LogP contribution in [0, 0.1) is 6.92 Å². The smallest absolute Gasteiger partial charge is 0.256 e. The van der Waals surface area contributed by atoms with Crippen LogP contribution in [0.1, 0.15) is 37.9 Å². The van der Waals surface area contributed by atoms with Gasteiger partial charge in [-0.2, -0.15) is 4.98 Å². The molecule has 6 rings (SSSR count). The number of aryl methyl sites for hydroxylation is 1. The summed E-state index contributed by atoms with van der Waals surface area (Å²) in [5.41, 5.74) is 8.40. The number of halogens is 2. The lowest BCUT2D eigenvalue weighted by Crippen LogP contribution is -2.34. The molecular formula is C22H24F2N8O. The van der Waals surface area contributed by atoms with Crippen molar-refractivity contribution in [1.82, 2.24) is 29.1 Å². The van der Waals surface area contributed by atoms with Crippen molar-refractivity contribution in [2.24, 2.45) is 0 Å². The van der Waals surface area contributed by atoms with Crippen LogP contribution < -0.4 is 11.1 Å². The normalized spacial score (nSPS) is 24.5. The standard InChI is InChI=1S/C22H24F2N8O/c1-12-26-15-3-2-14(27-19(15)31(12)10-16(23)24)13-4-9-32-17(13)18(25)28-20(30-32)29-21-5-7-22(33,11-21)8-6-21/h2-4,9,16,33H,5-8,10-11H2,1H3,(H3,25,28,29,30). The van der Waals surface area contributed by atoms with Gasteiger partial charge in [0.1, 0.15) is 16.9 Å². The Morgan fingerprint density at radius 2 is 1.94 bits per heavy atom. The first kappa shape index (κ1) is 20.3. The Balaban J connectivity index is 1.38. The number of aliphatic hydroxyl groups is 1. The van der Waals surface area contributed by atoms with Gasteiger partial charge in [0.2, 0.25) is 5.95 Å². The van der Waals surface area contributed by atoms with Gasteiger partial charge in [-0.15, -0.1) is 5.10 Å². The molecule has 0 aliphatic heterocycles. The fraction of sp³-hybridized carbons (Fsp3) is 0.455. The molecule has 0 amide bonds. The molecule has 2 aliphatic rings. The van der Waals surface area contributed by atoms with Crippen molar-refractivity contribution in [3.8, 4) is 11.3 Å². The molecule has 0 aromatic carbocycles. The van der Waals surface area contributed by atoms with Crippen LogP contribution in [-0.4, -0.2) is 51.8 Å². The Hall–Kier alpha value is -3.34. The summed E-state index contributed by atoms with van der Waals surface area (Å²) in [7, 11) is 0. The average molecular weight is 454 g/mol. The van der Waals surface area contributed by atoms with E-state index in [9.17, 15) is 13.9 Å². The lowest BCUT2D eigenvalue weighted by Gasteiger charge is -2.27. The molecule has 11 heteroatoms. The van der Waals surface area contributed by atoms with Gasteiger partial charge in [-0.05, 0) is 57.2 Å². The highest BCUT2D eigenvalue weighted by molar-refractivity contribution is 5.88. The number of anilines is 2. The van der Waals surface area contributed by atoms with Gasteiger partial charge in [-0.1, -0.05) is 0 Å². The van der Waals surface area contributed by atoms with E-state index >= 15 is 0 Å². The highest BCUT2D eigenvalue weighted by Crippen LogP contribution is 2.51. The monoisotopic (exact) mass is 454 g/mol. The number of fused-ring (bicyclic) bond motifs is 4. The van der Waals surface area contributed by atoms with Gasteiger partial charge in [0.15, 0.2) is 11.5 Å². The number of aromatic nitrogens is 6. The molecule has 2 aliphatic carbocycles. The molecule has 4 aromatic heterocycles. The zero-order valence-corrected chi connectivity index (χ0v) is 18.1. The van der Waals surface area contributed by atoms with E-state index in [1.807, 2.05) is 6.07 Å². The minimum Gasteiger partial charge on any atom is -0.390 e. The predicted molar refractivity (Wildman–Crippen MR) is 119 cm³/mol. The van der Waals surface area contributed by atoms with Crippen LogP contribution in [-0.2, 0) is 6.54 Å². The number of alkyl halides is 2. The second-order valence-electron chi connectivity index (χ2n) is 9.35. The molecule has 9 nitrogen and oxygen atoms in total. The minimum absolute atomic E-state index is 0.196. The van der Waals surface area contributed by atoms with Crippen LogP contribution >= 0.6 is 0 Å². The van der Waals surface area contributed by atoms with Crippen molar-refractivity contribution in [2.75, 3.05) is 11.1 Å². The average Bonchev–Trinajstić information content (AvgIpc) is 3.48. The molecule has 0 spiro atoms. The third-order valence-electron chi connectivity index (χ3n) is 7.10. The Morgan fingerprint density at radius 1 is 1.15 bits per heavy atom. The van der Waals surface area contributed by atoms with E-state index in [-0.39, 0.29) is 11.4 Å². The number of hydrogen-bond donors (Lipinski definition) is 3. The molecule has 33 heavy (non-hydrogen) atoms. The molecule has 2 saturated carbocycles. The Kier molecular flexibility index (Phi) is 4.20. The summed E-state index contributed by atoms with van der Waals surface area (Å²) < 4.78 is 29.2. The third kappa shape index (κ3) is 3.21. The summed E-state index contributed by atoms with van der Waals surface area (Å²) in [4.78, 5) is 13.5. The molecule has 172 valence electrons. The number of imidazole rings is 1. The molecular weight excluding hydrogens is 430 g/mol. The third-order valence-corrected chi connectivity index (χ3v) is 7.10. The van der Waals surface area contributed by atoms with Gasteiger partial charge in [-0.25, -0.2) is 23.3 Å². The van der Waals surface area contributed by atoms with E-state index in [4.69, 9.17) is 5.73 Å². The highest BCUT2D eigenvalue weighted by Gasteiger charge is 2.53. The molecule has 4 aromatic rings. The first-order chi connectivity index (χ1) is 15.7. The number of nitrogens with two attached hydrogens (primary N) is 1. The highest BCUT2D eigenvalue weighted by atomic mass is 19.3. The summed E-state index contributed by atoms with van der Waals surface area (Å²) in [6.45, 7) is 1.22. The van der Waals surface area contributed by atoms with Crippen molar-refractivity contribution in [3.63, 3.8) is 0 Å². The van der Waals surface area contributed by atoms with Crippen LogP contribution in [0.3, 0.4) is 0 Å². The summed E-state index contributed by atoms with van der Waals surface area (Å²) in [5.74, 6) is 1.19. The molecule has 0 radical (unpaired) electrons. The number of nitrogen functional groups attached to an aromatic ring is 1. The maximum absolute atomic E-state index is 13.1. The van der Waals surface area contributed by atoms with E-state index < -0.39 is 18.6 Å². The van der Waals surface area contributed by atoms with Gasteiger partial charge >= 0.3 is 0 Å². The maximum atomic E-state index is 13.1. The van der Waals surface area contributed by atoms with E-state index in [0.717, 1.165) is 25.7 Å². The number of hydrogen-bond acceptors (Lipinski definition) is 7. The van der Waals surface area contributed by atoms with Crippen LogP contribution in [0.15, 0.2) is 24.4 Å². The van der Waals surface area contributed by atoms with Crippen molar-refractivity contribution >= 4 is 28.4 Å². The zero-order chi connectivity index (χ0) is 23.0. The Labute approximate surface area is 187 Å². The number of nitrogens with one attached hydrogen (secondary N) is 1. The van der Waals surface area contributed by atoms with Gasteiger partial charge in [0, 0.05) is 17.3 Å². The summed E-state index contributed by atoms with van der Waals surface area (Å²) in [6.07, 6.45) is 3.26. The van der Waals surface area contributed by atoms with Crippen molar-refractivity contribution in [3.05, 3.63) is 30.2 Å². The van der Waals surface area contributed by atoms with Gasteiger partial charge in [0.25, 0.3) is 6.43 Å². The van der Waals surface area contributed by atoms with Gasteiger partial charge in [-0.3, -0.25) is 0 Å². The van der Waals surface area contributed by atoms with Crippen LogP contribution in [0.2, 0.25) is 0 Å². The number of rotatable bonds is 5. The van der Waals surface area contributed by atoms with Crippen LogP contribution in [0.25, 0.3) is 27.9 Å². The molecule has 0 atom stereocenters. The van der Waals surface area contributed by atoms with Crippen molar-refractivity contribution in [1.29, 1.82) is 0 Å². The zero-order valence-electron chi connectivity index (χ0n) is 18.1. The molecule has 0 unspecified atom stereocenters. The topological polar surface area (TPSA) is 119 Å². The van der Waals surface area contributed by atoms with E-state index in [1.54, 1.807) is 29.8 Å². The fourth-order valence-electron chi connectivity index (χ4n) is 5.52. The minimum atomic E-state index is -2.51. The van der Waals surface area contributed by atoms with Crippen LogP contribution in [0.5, 0.6) is 0 Å². The molecule has 4 N–H and O–H groups in total. The number of pyridine rings is 1. The largest absolute Gasteiger partial charge is 0.390 e. The van der Waals surface area contributed by atoms with E-state index in [2.05, 4.69) is 25.4 Å². The van der Waals surface area contributed by atoms with Gasteiger partial charge < -0.3 is 20.7 Å². The van der Waals surface area contributed by atoms with Crippen molar-refractivity contribution < 1.29 is 13.9 Å². The van der Waals surface area contributed by atoms with Gasteiger partial charge in [0.05, 0.1) is 17.8 Å². The summed E-state index contributed by atoms with van der Waals surface area (Å²) in [5, 5.41) is 18.5. The summed E-state index contributed by atoms with van der Waals surface area (Å²) >= 11 is 0. The lowest BCUT2D eigenvalue weighted by atomic mass is 9.93. The molecule has 0 saturated heterocycles. The number of nitrogens with zero attached hydrogens (tertiary/aromatic N) is 6. The van der Waals surface area contributed by atoms with E-state index in [0.29, 0.717) is 46.1 Å². The molecule has 2 bridgehead atoms.